The summed E-state index contributed by atoms with van der Waals surface area (Å²) in [6, 6.07) is 22.7. The van der Waals surface area contributed by atoms with Crippen LogP contribution in [0.25, 0.3) is 0 Å². The van der Waals surface area contributed by atoms with Crippen molar-refractivity contribution in [1.29, 1.82) is 0 Å². The molecule has 2 aliphatic heterocycles. The lowest BCUT2D eigenvalue weighted by atomic mass is 10.0. The van der Waals surface area contributed by atoms with Gasteiger partial charge in [0.15, 0.2) is 0 Å². The van der Waals surface area contributed by atoms with Gasteiger partial charge in [-0.05, 0) is 36.8 Å². The van der Waals surface area contributed by atoms with Gasteiger partial charge in [0.1, 0.15) is 0 Å². The largest absolute Gasteiger partial charge is 0.352 e. The molecule has 1 amide bonds. The van der Waals surface area contributed by atoms with Crippen molar-refractivity contribution in [2.45, 2.75) is 56.8 Å². The summed E-state index contributed by atoms with van der Waals surface area (Å²) < 4.78 is 0. The number of fused-ring (bicyclic) bond motifs is 1. The summed E-state index contributed by atoms with van der Waals surface area (Å²) in [6.07, 6.45) is 4.89. The van der Waals surface area contributed by atoms with Crippen LogP contribution in [0.15, 0.2) is 60.7 Å². The van der Waals surface area contributed by atoms with Gasteiger partial charge in [0, 0.05) is 31.1 Å². The first-order valence-electron chi connectivity index (χ1n) is 9.42. The molecule has 3 heteroatoms. The zero-order chi connectivity index (χ0) is 17.1. The molecule has 0 spiro atoms. The fourth-order valence-corrected chi connectivity index (χ4v) is 4.49. The summed E-state index contributed by atoms with van der Waals surface area (Å²) in [4.78, 5) is 14.7. The Hall–Kier alpha value is -2.13. The fraction of sp³-hybridized carbons (Fsp3) is 0.409. The Morgan fingerprint density at radius 2 is 1.64 bits per heavy atom. The van der Waals surface area contributed by atoms with Gasteiger partial charge in [-0.2, -0.15) is 0 Å². The predicted molar refractivity (Wildman–Crippen MR) is 100 cm³/mol. The number of nitrogens with zero attached hydrogens (tertiary/aromatic N) is 1. The van der Waals surface area contributed by atoms with E-state index in [-0.39, 0.29) is 5.91 Å². The lowest BCUT2D eigenvalue weighted by Crippen LogP contribution is -2.43. The predicted octanol–water partition coefficient (Wildman–Crippen LogP) is 3.54. The summed E-state index contributed by atoms with van der Waals surface area (Å²) >= 11 is 0. The molecule has 2 aliphatic rings. The van der Waals surface area contributed by atoms with E-state index in [0.29, 0.717) is 24.5 Å². The smallest absolute Gasteiger partial charge is 0.220 e. The van der Waals surface area contributed by atoms with Crippen molar-refractivity contribution in [2.24, 2.45) is 0 Å². The van der Waals surface area contributed by atoms with Crippen LogP contribution in [0.4, 0.5) is 0 Å². The van der Waals surface area contributed by atoms with Crippen LogP contribution >= 0.6 is 0 Å². The minimum atomic E-state index is 0.229. The van der Waals surface area contributed by atoms with E-state index in [1.807, 2.05) is 0 Å². The number of carbonyl (C=O) groups is 1. The van der Waals surface area contributed by atoms with E-state index >= 15 is 0 Å². The van der Waals surface area contributed by atoms with Gasteiger partial charge in [-0.1, -0.05) is 60.7 Å². The van der Waals surface area contributed by atoms with E-state index in [1.165, 1.54) is 11.1 Å². The molecule has 3 atom stereocenters. The van der Waals surface area contributed by atoms with Gasteiger partial charge < -0.3 is 5.32 Å². The van der Waals surface area contributed by atoms with Crippen LogP contribution in [-0.2, 0) is 17.8 Å². The number of hydrogen-bond acceptors (Lipinski definition) is 2. The third kappa shape index (κ3) is 3.77. The molecule has 0 aromatic heterocycles. The molecule has 2 saturated heterocycles. The quantitative estimate of drug-likeness (QED) is 0.927. The van der Waals surface area contributed by atoms with Crippen LogP contribution in [0.2, 0.25) is 0 Å². The molecule has 0 bridgehead atoms. The molecule has 0 radical (unpaired) electrons. The number of amides is 1. The third-order valence-electron chi connectivity index (χ3n) is 5.66. The van der Waals surface area contributed by atoms with Crippen LogP contribution in [0, 0.1) is 0 Å². The standard InChI is InChI=1S/C22H26N2O/c25-22-13-7-12-21-20(23-22)15-19(14-17-8-3-1-4-9-17)24(21)16-18-10-5-2-6-11-18/h1-6,8-11,19-21H,7,12-16H2,(H,23,25)/t19-,20-,21+/m0/s1. The third-order valence-corrected chi connectivity index (χ3v) is 5.66. The highest BCUT2D eigenvalue weighted by Gasteiger charge is 2.42. The minimum Gasteiger partial charge on any atom is -0.352 e. The summed E-state index contributed by atoms with van der Waals surface area (Å²) in [6.45, 7) is 0.968. The van der Waals surface area contributed by atoms with E-state index in [1.54, 1.807) is 0 Å². The summed E-state index contributed by atoms with van der Waals surface area (Å²) in [5, 5.41) is 3.29. The maximum absolute atomic E-state index is 12.0. The van der Waals surface area contributed by atoms with Crippen molar-refractivity contribution < 1.29 is 4.79 Å². The number of benzene rings is 2. The molecule has 4 rings (SSSR count). The molecule has 0 aliphatic carbocycles. The molecule has 1 N–H and O–H groups in total. The molecular formula is C22H26N2O. The van der Waals surface area contributed by atoms with Gasteiger partial charge in [0.25, 0.3) is 0 Å². The van der Waals surface area contributed by atoms with Gasteiger partial charge >= 0.3 is 0 Å². The number of rotatable bonds is 4. The van der Waals surface area contributed by atoms with E-state index in [4.69, 9.17) is 0 Å². The molecule has 130 valence electrons. The molecule has 0 saturated carbocycles. The van der Waals surface area contributed by atoms with Gasteiger partial charge in [0.05, 0.1) is 0 Å². The Labute approximate surface area is 150 Å². The van der Waals surface area contributed by atoms with Crippen molar-refractivity contribution in [1.82, 2.24) is 10.2 Å². The first-order chi connectivity index (χ1) is 12.3. The van der Waals surface area contributed by atoms with Crippen molar-refractivity contribution in [3.8, 4) is 0 Å². The van der Waals surface area contributed by atoms with Gasteiger partial charge in [-0.3, -0.25) is 9.69 Å². The second-order valence-corrected chi connectivity index (χ2v) is 7.37. The molecule has 2 heterocycles. The first-order valence-corrected chi connectivity index (χ1v) is 9.42. The summed E-state index contributed by atoms with van der Waals surface area (Å²) in [5.41, 5.74) is 2.74. The molecule has 2 fully saturated rings. The van der Waals surface area contributed by atoms with E-state index < -0.39 is 0 Å². The van der Waals surface area contributed by atoms with E-state index in [0.717, 1.165) is 32.2 Å². The minimum absolute atomic E-state index is 0.229. The highest BCUT2D eigenvalue weighted by Crippen LogP contribution is 2.33. The number of hydrogen-bond donors (Lipinski definition) is 1. The zero-order valence-electron chi connectivity index (χ0n) is 14.6. The molecular weight excluding hydrogens is 308 g/mol. The maximum Gasteiger partial charge on any atom is 0.220 e. The van der Waals surface area contributed by atoms with Gasteiger partial charge in [0.2, 0.25) is 5.91 Å². The highest BCUT2D eigenvalue weighted by atomic mass is 16.1. The SMILES string of the molecule is O=C1CCC[C@@H]2[C@H](C[C@H](Cc3ccccc3)N2Cc2ccccc2)N1. The monoisotopic (exact) mass is 334 g/mol. The normalized spacial score (nSPS) is 26.7. The average Bonchev–Trinajstić information content (AvgIpc) is 2.82. The first kappa shape index (κ1) is 16.3. The van der Waals surface area contributed by atoms with Crippen molar-refractivity contribution in [3.63, 3.8) is 0 Å². The van der Waals surface area contributed by atoms with Gasteiger partial charge in [-0.15, -0.1) is 0 Å². The van der Waals surface area contributed by atoms with E-state index in [2.05, 4.69) is 70.9 Å². The molecule has 0 unspecified atom stereocenters. The Morgan fingerprint density at radius 1 is 0.960 bits per heavy atom. The topological polar surface area (TPSA) is 32.3 Å². The van der Waals surface area contributed by atoms with Crippen LogP contribution < -0.4 is 5.32 Å². The summed E-state index contributed by atoms with van der Waals surface area (Å²) in [5.74, 6) is 0.229. The maximum atomic E-state index is 12.0. The highest BCUT2D eigenvalue weighted by molar-refractivity contribution is 5.76. The van der Waals surface area contributed by atoms with Crippen molar-refractivity contribution in [3.05, 3.63) is 71.8 Å². The second kappa shape index (κ2) is 7.40. The number of carbonyl (C=O) groups excluding carboxylic acids is 1. The van der Waals surface area contributed by atoms with Crippen molar-refractivity contribution >= 4 is 5.91 Å². The lowest BCUT2D eigenvalue weighted by Gasteiger charge is -2.31. The van der Waals surface area contributed by atoms with Crippen LogP contribution in [0.5, 0.6) is 0 Å². The number of nitrogens with one attached hydrogen (secondary N) is 1. The second-order valence-electron chi connectivity index (χ2n) is 7.37. The Kier molecular flexibility index (Phi) is 4.84. The van der Waals surface area contributed by atoms with Crippen molar-refractivity contribution in [2.75, 3.05) is 0 Å². The van der Waals surface area contributed by atoms with Gasteiger partial charge in [-0.25, -0.2) is 0 Å². The fourth-order valence-electron chi connectivity index (χ4n) is 4.49. The Morgan fingerprint density at radius 3 is 2.36 bits per heavy atom. The molecule has 2 aromatic rings. The summed E-state index contributed by atoms with van der Waals surface area (Å²) in [7, 11) is 0. The molecule has 3 nitrogen and oxygen atoms in total. The molecule has 25 heavy (non-hydrogen) atoms. The lowest BCUT2D eigenvalue weighted by molar-refractivity contribution is -0.121. The van der Waals surface area contributed by atoms with Crippen LogP contribution in [-0.4, -0.2) is 28.9 Å². The van der Waals surface area contributed by atoms with Crippen LogP contribution in [0.1, 0.15) is 36.8 Å². The van der Waals surface area contributed by atoms with Crippen LogP contribution in [0.3, 0.4) is 0 Å². The van der Waals surface area contributed by atoms with E-state index in [9.17, 15) is 4.79 Å². The Bertz CT molecular complexity index is 700. The average molecular weight is 334 g/mol. The number of likely N-dealkylation sites (tertiary alicyclic amines) is 1. The molecule has 2 aromatic carbocycles. The Balaban J connectivity index is 1.57. The zero-order valence-corrected chi connectivity index (χ0v) is 14.6.